The van der Waals surface area contributed by atoms with Crippen LogP contribution in [0.5, 0.6) is 5.75 Å². The van der Waals surface area contributed by atoms with Gasteiger partial charge in [0.15, 0.2) is 0 Å². The number of aromatic nitrogens is 1. The minimum absolute atomic E-state index is 0.711. The molecule has 0 saturated carbocycles. The predicted octanol–water partition coefficient (Wildman–Crippen LogP) is 3.99. The van der Waals surface area contributed by atoms with Gasteiger partial charge in [-0.25, -0.2) is 4.98 Å². The first-order valence-corrected chi connectivity index (χ1v) is 7.47. The molecule has 1 aromatic heterocycles. The van der Waals surface area contributed by atoms with Crippen molar-refractivity contribution < 1.29 is 4.74 Å². The third-order valence-electron chi connectivity index (χ3n) is 2.77. The highest BCUT2D eigenvalue weighted by molar-refractivity contribution is 7.15. The van der Waals surface area contributed by atoms with Gasteiger partial charge in [0.1, 0.15) is 5.75 Å². The fourth-order valence-electron chi connectivity index (χ4n) is 1.61. The summed E-state index contributed by atoms with van der Waals surface area (Å²) in [6, 6.07) is 7.87. The summed E-state index contributed by atoms with van der Waals surface area (Å²) in [6.07, 6.45) is 2.75. The SMILES string of the molecule is CCCOc1ccccc1/C=N\Nc1nc(C)c(C)s1. The van der Waals surface area contributed by atoms with Crippen molar-refractivity contribution in [2.24, 2.45) is 5.10 Å². The molecule has 0 bridgehead atoms. The number of hydrogen-bond donors (Lipinski definition) is 1. The molecule has 0 aliphatic rings. The summed E-state index contributed by atoms with van der Waals surface area (Å²) in [7, 11) is 0. The van der Waals surface area contributed by atoms with Gasteiger partial charge < -0.3 is 4.74 Å². The van der Waals surface area contributed by atoms with Gasteiger partial charge >= 0.3 is 0 Å². The van der Waals surface area contributed by atoms with Gasteiger partial charge in [-0.3, -0.25) is 5.43 Å². The molecule has 4 nitrogen and oxygen atoms in total. The highest BCUT2D eigenvalue weighted by Gasteiger charge is 2.02. The topological polar surface area (TPSA) is 46.5 Å². The zero-order valence-corrected chi connectivity index (χ0v) is 12.8. The van der Waals surface area contributed by atoms with Crippen LogP contribution in [0.25, 0.3) is 0 Å². The molecule has 1 heterocycles. The van der Waals surface area contributed by atoms with Gasteiger partial charge in [0.05, 0.1) is 18.5 Å². The Bertz CT molecular complexity index is 573. The summed E-state index contributed by atoms with van der Waals surface area (Å²) in [5.74, 6) is 0.853. The second kappa shape index (κ2) is 7.05. The van der Waals surface area contributed by atoms with E-state index in [0.29, 0.717) is 6.61 Å². The monoisotopic (exact) mass is 289 g/mol. The molecule has 20 heavy (non-hydrogen) atoms. The summed E-state index contributed by atoms with van der Waals surface area (Å²) < 4.78 is 5.68. The third kappa shape index (κ3) is 3.81. The van der Waals surface area contributed by atoms with Crippen LogP contribution in [0.3, 0.4) is 0 Å². The molecule has 0 atom stereocenters. The lowest BCUT2D eigenvalue weighted by atomic mass is 10.2. The summed E-state index contributed by atoms with van der Waals surface area (Å²) >= 11 is 1.60. The third-order valence-corrected chi connectivity index (χ3v) is 3.75. The molecule has 1 N–H and O–H groups in total. The van der Waals surface area contributed by atoms with Crippen molar-refractivity contribution in [3.63, 3.8) is 0 Å². The molecule has 5 heteroatoms. The quantitative estimate of drug-likeness (QED) is 0.646. The van der Waals surface area contributed by atoms with Crippen LogP contribution in [-0.2, 0) is 0 Å². The van der Waals surface area contributed by atoms with Crippen LogP contribution < -0.4 is 10.2 Å². The molecule has 0 radical (unpaired) electrons. The number of aryl methyl sites for hydroxylation is 2. The normalized spacial score (nSPS) is 10.9. The first-order chi connectivity index (χ1) is 9.70. The van der Waals surface area contributed by atoms with Gasteiger partial charge in [-0.15, -0.1) is 11.3 Å². The summed E-state index contributed by atoms with van der Waals surface area (Å²) in [6.45, 7) is 6.85. The Morgan fingerprint density at radius 2 is 2.15 bits per heavy atom. The molecule has 0 amide bonds. The van der Waals surface area contributed by atoms with E-state index in [-0.39, 0.29) is 0 Å². The lowest BCUT2D eigenvalue weighted by molar-refractivity contribution is 0.317. The van der Waals surface area contributed by atoms with Crippen molar-refractivity contribution in [1.29, 1.82) is 0 Å². The molecule has 0 saturated heterocycles. The number of hydrazone groups is 1. The summed E-state index contributed by atoms with van der Waals surface area (Å²) in [5.41, 5.74) is 4.96. The van der Waals surface area contributed by atoms with E-state index in [1.807, 2.05) is 31.2 Å². The lowest BCUT2D eigenvalue weighted by Gasteiger charge is -2.07. The molecule has 0 spiro atoms. The first kappa shape index (κ1) is 14.5. The van der Waals surface area contributed by atoms with E-state index in [1.165, 1.54) is 4.88 Å². The minimum atomic E-state index is 0.711. The maximum Gasteiger partial charge on any atom is 0.203 e. The van der Waals surface area contributed by atoms with Crippen LogP contribution >= 0.6 is 11.3 Å². The van der Waals surface area contributed by atoms with Crippen molar-refractivity contribution in [1.82, 2.24) is 4.98 Å². The number of thiazole rings is 1. The average molecular weight is 289 g/mol. The molecule has 106 valence electrons. The van der Waals surface area contributed by atoms with E-state index in [4.69, 9.17) is 4.74 Å². The maximum absolute atomic E-state index is 5.68. The molecule has 1 aromatic carbocycles. The Kier molecular flexibility index (Phi) is 5.12. The van der Waals surface area contributed by atoms with Gasteiger partial charge in [0.25, 0.3) is 0 Å². The predicted molar refractivity (Wildman–Crippen MR) is 85.0 cm³/mol. The molecule has 0 unspecified atom stereocenters. The number of hydrogen-bond acceptors (Lipinski definition) is 5. The highest BCUT2D eigenvalue weighted by Crippen LogP contribution is 2.21. The smallest absolute Gasteiger partial charge is 0.203 e. The zero-order valence-electron chi connectivity index (χ0n) is 12.0. The van der Waals surface area contributed by atoms with Crippen LogP contribution in [0, 0.1) is 13.8 Å². The van der Waals surface area contributed by atoms with Crippen LogP contribution in [0.2, 0.25) is 0 Å². The van der Waals surface area contributed by atoms with E-state index in [1.54, 1.807) is 17.6 Å². The highest BCUT2D eigenvalue weighted by atomic mass is 32.1. The number of anilines is 1. The van der Waals surface area contributed by atoms with Gasteiger partial charge in [-0.05, 0) is 32.4 Å². The van der Waals surface area contributed by atoms with E-state index in [0.717, 1.165) is 28.6 Å². The van der Waals surface area contributed by atoms with Gasteiger partial charge in [-0.1, -0.05) is 19.1 Å². The van der Waals surface area contributed by atoms with E-state index in [9.17, 15) is 0 Å². The fourth-order valence-corrected chi connectivity index (χ4v) is 2.37. The van der Waals surface area contributed by atoms with Crippen molar-refractivity contribution in [2.75, 3.05) is 12.0 Å². The zero-order chi connectivity index (χ0) is 14.4. The number of benzene rings is 1. The Labute approximate surface area is 123 Å². The minimum Gasteiger partial charge on any atom is -0.493 e. The van der Waals surface area contributed by atoms with Crippen LogP contribution in [0.15, 0.2) is 29.4 Å². The maximum atomic E-state index is 5.68. The fraction of sp³-hybridized carbons (Fsp3) is 0.333. The van der Waals surface area contributed by atoms with Gasteiger partial charge in [-0.2, -0.15) is 5.10 Å². The molecule has 2 rings (SSSR count). The van der Waals surface area contributed by atoms with E-state index < -0.39 is 0 Å². The van der Waals surface area contributed by atoms with Crippen LogP contribution in [-0.4, -0.2) is 17.8 Å². The van der Waals surface area contributed by atoms with Crippen molar-refractivity contribution in [2.45, 2.75) is 27.2 Å². The van der Waals surface area contributed by atoms with Gasteiger partial charge in [0.2, 0.25) is 5.13 Å². The summed E-state index contributed by atoms with van der Waals surface area (Å²) in [5, 5.41) is 5.04. The largest absolute Gasteiger partial charge is 0.493 e. The van der Waals surface area contributed by atoms with E-state index in [2.05, 4.69) is 29.4 Å². The summed E-state index contributed by atoms with van der Waals surface area (Å²) in [4.78, 5) is 5.58. The molecular weight excluding hydrogens is 270 g/mol. The van der Waals surface area contributed by atoms with E-state index >= 15 is 0 Å². The number of para-hydroxylation sites is 1. The Morgan fingerprint density at radius 1 is 1.35 bits per heavy atom. The average Bonchev–Trinajstić information content (AvgIpc) is 2.76. The molecule has 0 aliphatic carbocycles. The van der Waals surface area contributed by atoms with Gasteiger partial charge in [0, 0.05) is 10.4 Å². The van der Waals surface area contributed by atoms with Crippen LogP contribution in [0.4, 0.5) is 5.13 Å². The molecule has 0 fully saturated rings. The Hall–Kier alpha value is -1.88. The molecule has 0 aliphatic heterocycles. The number of ether oxygens (including phenoxy) is 1. The Balaban J connectivity index is 2.03. The second-order valence-electron chi connectivity index (χ2n) is 4.42. The number of nitrogens with one attached hydrogen (secondary N) is 1. The number of rotatable bonds is 6. The van der Waals surface area contributed by atoms with Crippen molar-refractivity contribution >= 4 is 22.7 Å². The van der Waals surface area contributed by atoms with Crippen molar-refractivity contribution in [3.8, 4) is 5.75 Å². The molecular formula is C15H19N3OS. The van der Waals surface area contributed by atoms with Crippen LogP contribution in [0.1, 0.15) is 29.5 Å². The second-order valence-corrected chi connectivity index (χ2v) is 5.62. The Morgan fingerprint density at radius 3 is 2.85 bits per heavy atom. The first-order valence-electron chi connectivity index (χ1n) is 6.65. The van der Waals surface area contributed by atoms with Crippen molar-refractivity contribution in [3.05, 3.63) is 40.4 Å². The lowest BCUT2D eigenvalue weighted by Crippen LogP contribution is -1.99. The number of nitrogens with zero attached hydrogens (tertiary/aromatic N) is 2. The molecule has 2 aromatic rings. The standard InChI is InChI=1S/C15H19N3OS/c1-4-9-19-14-8-6-5-7-13(14)10-16-18-15-17-11(2)12(3)20-15/h5-8,10H,4,9H2,1-3H3,(H,17,18)/b16-10-.